The highest BCUT2D eigenvalue weighted by Gasteiger charge is 2.28. The van der Waals surface area contributed by atoms with Crippen molar-refractivity contribution >= 4 is 51.5 Å². The SMILES string of the molecule is COc1ccccc1NC(=O)COC(=O)c1c2c(nc3ccccc13)C(=Cc1cccs1)CC2. The quantitative estimate of drug-likeness (QED) is 0.372. The smallest absolute Gasteiger partial charge is 0.339 e. The van der Waals surface area contributed by atoms with Gasteiger partial charge in [0.1, 0.15) is 5.75 Å². The van der Waals surface area contributed by atoms with Gasteiger partial charge in [-0.3, -0.25) is 4.79 Å². The van der Waals surface area contributed by atoms with Crippen LogP contribution in [-0.4, -0.2) is 30.6 Å². The van der Waals surface area contributed by atoms with E-state index in [1.807, 2.05) is 41.8 Å². The third kappa shape index (κ3) is 4.30. The number of carbonyl (C=O) groups excluding carboxylic acids is 2. The highest BCUT2D eigenvalue weighted by Crippen LogP contribution is 2.38. The summed E-state index contributed by atoms with van der Waals surface area (Å²) >= 11 is 1.66. The molecule has 0 atom stereocenters. The highest BCUT2D eigenvalue weighted by molar-refractivity contribution is 7.10. The van der Waals surface area contributed by atoms with Gasteiger partial charge in [0.05, 0.1) is 29.6 Å². The van der Waals surface area contributed by atoms with Gasteiger partial charge in [0.25, 0.3) is 5.91 Å². The van der Waals surface area contributed by atoms with E-state index in [0.29, 0.717) is 23.4 Å². The minimum Gasteiger partial charge on any atom is -0.495 e. The van der Waals surface area contributed by atoms with E-state index in [1.54, 1.807) is 29.5 Å². The summed E-state index contributed by atoms with van der Waals surface area (Å²) in [6, 6.07) is 18.7. The first-order valence-corrected chi connectivity index (χ1v) is 11.8. The number of amides is 1. The second kappa shape index (κ2) is 9.49. The average molecular weight is 471 g/mol. The molecular formula is C27H22N2O4S. The van der Waals surface area contributed by atoms with E-state index in [0.717, 1.165) is 39.0 Å². The summed E-state index contributed by atoms with van der Waals surface area (Å²) in [5.74, 6) is -0.432. The second-order valence-corrected chi connectivity index (χ2v) is 8.82. The molecule has 170 valence electrons. The van der Waals surface area contributed by atoms with Crippen LogP contribution in [0.15, 0.2) is 66.0 Å². The third-order valence-electron chi connectivity index (χ3n) is 5.72. The lowest BCUT2D eigenvalue weighted by molar-refractivity contribution is -0.119. The summed E-state index contributed by atoms with van der Waals surface area (Å²) in [6.07, 6.45) is 3.63. The number of ether oxygens (including phenoxy) is 2. The summed E-state index contributed by atoms with van der Waals surface area (Å²) in [7, 11) is 1.53. The number of allylic oxidation sites excluding steroid dienone is 1. The summed E-state index contributed by atoms with van der Waals surface area (Å²) in [5, 5.41) is 5.50. The van der Waals surface area contributed by atoms with E-state index in [2.05, 4.69) is 17.5 Å². The highest BCUT2D eigenvalue weighted by atomic mass is 32.1. The van der Waals surface area contributed by atoms with Crippen molar-refractivity contribution in [3.8, 4) is 5.75 Å². The van der Waals surface area contributed by atoms with E-state index in [4.69, 9.17) is 14.5 Å². The molecule has 1 amide bonds. The van der Waals surface area contributed by atoms with E-state index in [1.165, 1.54) is 7.11 Å². The van der Waals surface area contributed by atoms with Gasteiger partial charge in [-0.15, -0.1) is 11.3 Å². The van der Waals surface area contributed by atoms with Crippen molar-refractivity contribution in [2.75, 3.05) is 19.0 Å². The minimum absolute atomic E-state index is 0.403. The summed E-state index contributed by atoms with van der Waals surface area (Å²) in [6.45, 7) is -0.403. The molecule has 0 spiro atoms. The maximum atomic E-state index is 13.2. The van der Waals surface area contributed by atoms with E-state index in [-0.39, 0.29) is 0 Å². The predicted octanol–water partition coefficient (Wildman–Crippen LogP) is 5.59. The van der Waals surface area contributed by atoms with Crippen molar-refractivity contribution in [3.63, 3.8) is 0 Å². The molecule has 34 heavy (non-hydrogen) atoms. The molecule has 1 aliphatic carbocycles. The lowest BCUT2D eigenvalue weighted by Crippen LogP contribution is -2.22. The van der Waals surface area contributed by atoms with Crippen molar-refractivity contribution in [2.24, 2.45) is 0 Å². The Balaban J connectivity index is 1.42. The normalized spacial score (nSPS) is 13.6. The van der Waals surface area contributed by atoms with Gasteiger partial charge >= 0.3 is 5.97 Å². The fourth-order valence-corrected chi connectivity index (χ4v) is 4.88. The fourth-order valence-electron chi connectivity index (χ4n) is 4.19. The number of fused-ring (bicyclic) bond motifs is 2. The molecule has 1 aliphatic rings. The number of pyridine rings is 1. The van der Waals surface area contributed by atoms with E-state index >= 15 is 0 Å². The Kier molecular flexibility index (Phi) is 6.10. The van der Waals surface area contributed by atoms with Gasteiger partial charge in [0.2, 0.25) is 0 Å². The molecule has 0 saturated carbocycles. The number of esters is 1. The largest absolute Gasteiger partial charge is 0.495 e. The maximum Gasteiger partial charge on any atom is 0.339 e. The zero-order valence-corrected chi connectivity index (χ0v) is 19.4. The number of nitrogens with zero attached hydrogens (tertiary/aromatic N) is 1. The molecule has 0 unspecified atom stereocenters. The Morgan fingerprint density at radius 3 is 2.71 bits per heavy atom. The zero-order valence-electron chi connectivity index (χ0n) is 18.5. The monoisotopic (exact) mass is 470 g/mol. The molecule has 5 rings (SSSR count). The first-order valence-electron chi connectivity index (χ1n) is 10.9. The topological polar surface area (TPSA) is 77.5 Å². The molecule has 0 saturated heterocycles. The molecule has 0 aliphatic heterocycles. The van der Waals surface area contributed by atoms with Crippen LogP contribution in [0.25, 0.3) is 22.6 Å². The van der Waals surface area contributed by atoms with Crippen LogP contribution in [0.1, 0.15) is 32.9 Å². The lowest BCUT2D eigenvalue weighted by Gasteiger charge is -2.13. The molecule has 0 bridgehead atoms. The van der Waals surface area contributed by atoms with Gasteiger partial charge in [-0.1, -0.05) is 36.4 Å². The van der Waals surface area contributed by atoms with Crippen LogP contribution in [0.4, 0.5) is 5.69 Å². The second-order valence-electron chi connectivity index (χ2n) is 7.84. The van der Waals surface area contributed by atoms with Crippen molar-refractivity contribution in [1.29, 1.82) is 0 Å². The number of anilines is 1. The minimum atomic E-state index is -0.526. The molecule has 2 aromatic carbocycles. The Labute approximate surface area is 200 Å². The molecular weight excluding hydrogens is 448 g/mol. The Bertz CT molecular complexity index is 1410. The Morgan fingerprint density at radius 2 is 1.88 bits per heavy atom. The number of hydrogen-bond donors (Lipinski definition) is 1. The standard InChI is InChI=1S/C27H22N2O4S/c1-32-23-11-5-4-10-22(23)28-24(30)16-33-27(31)25-19-8-2-3-9-21(19)29-26-17(12-13-20(25)26)15-18-7-6-14-34-18/h2-11,14-15H,12-13,16H2,1H3,(H,28,30). The van der Waals surface area contributed by atoms with Gasteiger partial charge in [-0.2, -0.15) is 0 Å². The summed E-state index contributed by atoms with van der Waals surface area (Å²) < 4.78 is 10.7. The molecule has 0 radical (unpaired) electrons. The van der Waals surface area contributed by atoms with Gasteiger partial charge in [0.15, 0.2) is 6.61 Å². The molecule has 6 nitrogen and oxygen atoms in total. The van der Waals surface area contributed by atoms with Gasteiger partial charge < -0.3 is 14.8 Å². The van der Waals surface area contributed by atoms with Gasteiger partial charge in [-0.25, -0.2) is 9.78 Å². The number of benzene rings is 2. The van der Waals surface area contributed by atoms with E-state index < -0.39 is 18.5 Å². The van der Waals surface area contributed by atoms with Crippen molar-refractivity contribution < 1.29 is 19.1 Å². The maximum absolute atomic E-state index is 13.2. The van der Waals surface area contributed by atoms with Crippen molar-refractivity contribution in [3.05, 3.63) is 87.7 Å². The van der Waals surface area contributed by atoms with Crippen LogP contribution < -0.4 is 10.1 Å². The predicted molar refractivity (Wildman–Crippen MR) is 134 cm³/mol. The van der Waals surface area contributed by atoms with Crippen molar-refractivity contribution in [2.45, 2.75) is 12.8 Å². The number of carbonyl (C=O) groups is 2. The van der Waals surface area contributed by atoms with Gasteiger partial charge in [-0.05, 0) is 59.7 Å². The Hall–Kier alpha value is -3.97. The zero-order chi connectivity index (χ0) is 23.5. The van der Waals surface area contributed by atoms with Crippen LogP contribution in [0, 0.1) is 0 Å². The molecule has 1 N–H and O–H groups in total. The number of hydrogen-bond acceptors (Lipinski definition) is 6. The molecule has 0 fully saturated rings. The number of para-hydroxylation sites is 3. The van der Waals surface area contributed by atoms with Gasteiger partial charge in [0, 0.05) is 10.3 Å². The van der Waals surface area contributed by atoms with Crippen LogP contribution in [0.3, 0.4) is 0 Å². The van der Waals surface area contributed by atoms with E-state index in [9.17, 15) is 9.59 Å². The van der Waals surface area contributed by atoms with Crippen LogP contribution >= 0.6 is 11.3 Å². The summed E-state index contributed by atoms with van der Waals surface area (Å²) in [4.78, 5) is 31.7. The lowest BCUT2D eigenvalue weighted by atomic mass is 10.0. The number of thiophene rings is 1. The fraction of sp³-hybridized carbons (Fsp3) is 0.148. The molecule has 2 aromatic heterocycles. The van der Waals surface area contributed by atoms with Crippen LogP contribution in [0.2, 0.25) is 0 Å². The third-order valence-corrected chi connectivity index (χ3v) is 6.54. The molecule has 4 aromatic rings. The molecule has 7 heteroatoms. The van der Waals surface area contributed by atoms with Crippen LogP contribution in [-0.2, 0) is 16.0 Å². The number of methoxy groups -OCH3 is 1. The number of nitrogens with one attached hydrogen (secondary N) is 1. The first kappa shape index (κ1) is 21.9. The summed E-state index contributed by atoms with van der Waals surface area (Å²) in [5.41, 5.74) is 4.54. The van der Waals surface area contributed by atoms with Crippen LogP contribution in [0.5, 0.6) is 5.75 Å². The average Bonchev–Trinajstić information content (AvgIpc) is 3.52. The first-order chi connectivity index (χ1) is 16.6. The Morgan fingerprint density at radius 1 is 1.06 bits per heavy atom. The number of rotatable bonds is 6. The molecule has 2 heterocycles. The van der Waals surface area contributed by atoms with Crippen molar-refractivity contribution in [1.82, 2.24) is 4.98 Å². The number of aromatic nitrogens is 1.